The molecule has 0 radical (unpaired) electrons. The predicted molar refractivity (Wildman–Crippen MR) is 75.7 cm³/mol. The predicted octanol–water partition coefficient (Wildman–Crippen LogP) is 1.73. The summed E-state index contributed by atoms with van der Waals surface area (Å²) < 4.78 is 5.45. The number of aromatic hydroxyl groups is 1. The van der Waals surface area contributed by atoms with Gasteiger partial charge in [0.15, 0.2) is 0 Å². The van der Waals surface area contributed by atoms with Crippen LogP contribution in [-0.2, 0) is 4.74 Å². The molecule has 2 rings (SSSR count). The van der Waals surface area contributed by atoms with Crippen LogP contribution < -0.4 is 5.32 Å². The van der Waals surface area contributed by atoms with E-state index in [1.165, 1.54) is 17.0 Å². The van der Waals surface area contributed by atoms with E-state index in [0.29, 0.717) is 6.54 Å². The summed E-state index contributed by atoms with van der Waals surface area (Å²) in [6, 6.07) is 3.38. The van der Waals surface area contributed by atoms with Crippen LogP contribution in [0.3, 0.4) is 0 Å². The number of nitrogens with zero attached hydrogens (tertiary/aromatic N) is 1. The number of carboxylic acid groups (broad SMARTS) is 1. The third kappa shape index (κ3) is 3.85. The maximum atomic E-state index is 12.0. The zero-order valence-electron chi connectivity index (χ0n) is 11.7. The number of nitrogens with one attached hydrogen (secondary N) is 1. The van der Waals surface area contributed by atoms with Crippen molar-refractivity contribution in [3.05, 3.63) is 23.8 Å². The Labute approximate surface area is 122 Å². The molecule has 0 spiro atoms. The van der Waals surface area contributed by atoms with E-state index >= 15 is 0 Å². The van der Waals surface area contributed by atoms with Gasteiger partial charge in [-0.05, 0) is 31.0 Å². The van der Waals surface area contributed by atoms with E-state index in [2.05, 4.69) is 5.32 Å². The number of phenols is 1. The fourth-order valence-electron chi connectivity index (χ4n) is 2.16. The molecule has 7 heteroatoms. The molecule has 0 aromatic heterocycles. The van der Waals surface area contributed by atoms with Gasteiger partial charge in [-0.1, -0.05) is 0 Å². The Morgan fingerprint density at radius 2 is 2.24 bits per heavy atom. The van der Waals surface area contributed by atoms with Gasteiger partial charge in [0.05, 0.1) is 17.4 Å². The van der Waals surface area contributed by atoms with Crippen LogP contribution in [0.2, 0.25) is 0 Å². The van der Waals surface area contributed by atoms with Crippen molar-refractivity contribution in [3.63, 3.8) is 0 Å². The van der Waals surface area contributed by atoms with Crippen LogP contribution >= 0.6 is 0 Å². The SMILES string of the molecule is CN(CC1CCCO1)C(=O)Nc1ccc(C(=O)O)cc1O. The highest BCUT2D eigenvalue weighted by atomic mass is 16.5. The van der Waals surface area contributed by atoms with Crippen LogP contribution in [-0.4, -0.2) is 53.4 Å². The smallest absolute Gasteiger partial charge is 0.335 e. The zero-order chi connectivity index (χ0) is 15.4. The molecule has 1 unspecified atom stereocenters. The molecule has 0 aliphatic carbocycles. The lowest BCUT2D eigenvalue weighted by Gasteiger charge is -2.21. The number of carbonyl (C=O) groups is 2. The molecule has 0 saturated carbocycles. The first-order chi connectivity index (χ1) is 9.97. The largest absolute Gasteiger partial charge is 0.506 e. The molecule has 1 atom stereocenters. The Kier molecular flexibility index (Phi) is 4.64. The van der Waals surface area contributed by atoms with E-state index in [1.807, 2.05) is 0 Å². The normalized spacial score (nSPS) is 17.5. The van der Waals surface area contributed by atoms with E-state index in [-0.39, 0.29) is 29.1 Å². The fraction of sp³-hybridized carbons (Fsp3) is 0.429. The number of urea groups is 1. The first kappa shape index (κ1) is 15.1. The van der Waals surface area contributed by atoms with Gasteiger partial charge in [-0.25, -0.2) is 9.59 Å². The number of amides is 2. The second-order valence-electron chi connectivity index (χ2n) is 4.98. The second kappa shape index (κ2) is 6.45. The van der Waals surface area contributed by atoms with E-state index in [9.17, 15) is 14.7 Å². The minimum atomic E-state index is -1.14. The van der Waals surface area contributed by atoms with Crippen LogP contribution in [0, 0.1) is 0 Å². The Hall–Kier alpha value is -2.28. The highest BCUT2D eigenvalue weighted by Crippen LogP contribution is 2.24. The molecule has 1 aliphatic rings. The number of hydrogen-bond donors (Lipinski definition) is 3. The lowest BCUT2D eigenvalue weighted by atomic mass is 10.2. The number of rotatable bonds is 4. The van der Waals surface area contributed by atoms with Gasteiger partial charge in [0.25, 0.3) is 0 Å². The number of aromatic carboxylic acids is 1. The van der Waals surface area contributed by atoms with E-state index in [1.54, 1.807) is 7.05 Å². The Balaban J connectivity index is 1.96. The van der Waals surface area contributed by atoms with Gasteiger partial charge in [-0.15, -0.1) is 0 Å². The van der Waals surface area contributed by atoms with Crippen molar-refractivity contribution >= 4 is 17.7 Å². The first-order valence-corrected chi connectivity index (χ1v) is 6.67. The van der Waals surface area contributed by atoms with E-state index in [4.69, 9.17) is 9.84 Å². The van der Waals surface area contributed by atoms with Crippen LogP contribution in [0.1, 0.15) is 23.2 Å². The summed E-state index contributed by atoms with van der Waals surface area (Å²) in [5.74, 6) is -1.42. The van der Waals surface area contributed by atoms with E-state index in [0.717, 1.165) is 25.5 Å². The number of carbonyl (C=O) groups excluding carboxylic acids is 1. The molecule has 7 nitrogen and oxygen atoms in total. The summed E-state index contributed by atoms with van der Waals surface area (Å²) in [6.45, 7) is 1.19. The number of carboxylic acids is 1. The second-order valence-corrected chi connectivity index (χ2v) is 4.98. The summed E-state index contributed by atoms with van der Waals surface area (Å²) in [4.78, 5) is 24.2. The maximum Gasteiger partial charge on any atom is 0.335 e. The standard InChI is InChI=1S/C14H18N2O5/c1-16(8-10-3-2-6-21-10)14(20)15-11-5-4-9(13(18)19)7-12(11)17/h4-5,7,10,17H,2-3,6,8H2,1H3,(H,15,20)(H,18,19). The first-order valence-electron chi connectivity index (χ1n) is 6.67. The molecular weight excluding hydrogens is 276 g/mol. The molecule has 1 aromatic rings. The van der Waals surface area contributed by atoms with Crippen LogP contribution in [0.5, 0.6) is 5.75 Å². The van der Waals surface area contributed by atoms with Gasteiger partial charge in [0, 0.05) is 20.2 Å². The molecule has 1 fully saturated rings. The molecule has 3 N–H and O–H groups in total. The molecule has 21 heavy (non-hydrogen) atoms. The minimum absolute atomic E-state index is 0.0433. The fourth-order valence-corrected chi connectivity index (χ4v) is 2.16. The van der Waals surface area contributed by atoms with Crippen molar-refractivity contribution in [2.75, 3.05) is 25.5 Å². The topological polar surface area (TPSA) is 99.1 Å². The molecule has 1 saturated heterocycles. The van der Waals surface area contributed by atoms with Gasteiger partial charge in [0.1, 0.15) is 5.75 Å². The van der Waals surface area contributed by atoms with Crippen molar-refractivity contribution in [2.45, 2.75) is 18.9 Å². The lowest BCUT2D eigenvalue weighted by molar-refractivity contribution is 0.0696. The Bertz CT molecular complexity index is 540. The van der Waals surface area contributed by atoms with Crippen molar-refractivity contribution in [2.24, 2.45) is 0 Å². The Morgan fingerprint density at radius 3 is 2.81 bits per heavy atom. The number of phenolic OH excluding ortho intramolecular Hbond substituents is 1. The average molecular weight is 294 g/mol. The number of hydrogen-bond acceptors (Lipinski definition) is 4. The number of likely N-dealkylation sites (N-methyl/N-ethyl adjacent to an activating group) is 1. The molecule has 114 valence electrons. The lowest BCUT2D eigenvalue weighted by Crippen LogP contribution is -2.37. The van der Waals surface area contributed by atoms with Crippen molar-refractivity contribution in [3.8, 4) is 5.75 Å². The molecule has 1 aliphatic heterocycles. The summed E-state index contributed by atoms with van der Waals surface area (Å²) in [5.41, 5.74) is 0.127. The molecular formula is C14H18N2O5. The number of ether oxygens (including phenoxy) is 1. The number of benzene rings is 1. The van der Waals surface area contributed by atoms with Crippen molar-refractivity contribution in [1.29, 1.82) is 0 Å². The van der Waals surface area contributed by atoms with Gasteiger partial charge >= 0.3 is 12.0 Å². The van der Waals surface area contributed by atoms with Crippen LogP contribution in [0.4, 0.5) is 10.5 Å². The van der Waals surface area contributed by atoms with Crippen LogP contribution in [0.25, 0.3) is 0 Å². The van der Waals surface area contributed by atoms with Gasteiger partial charge in [-0.2, -0.15) is 0 Å². The summed E-state index contributed by atoms with van der Waals surface area (Å²) in [6.07, 6.45) is 1.97. The quantitative estimate of drug-likeness (QED) is 0.734. The maximum absolute atomic E-state index is 12.0. The summed E-state index contributed by atoms with van der Waals surface area (Å²) in [5, 5.41) is 21.1. The van der Waals surface area contributed by atoms with Gasteiger partial charge in [0.2, 0.25) is 0 Å². The highest BCUT2D eigenvalue weighted by molar-refractivity contribution is 5.93. The summed E-state index contributed by atoms with van der Waals surface area (Å²) >= 11 is 0. The third-order valence-electron chi connectivity index (χ3n) is 3.33. The monoisotopic (exact) mass is 294 g/mol. The molecule has 2 amide bonds. The average Bonchev–Trinajstić information content (AvgIpc) is 2.93. The summed E-state index contributed by atoms with van der Waals surface area (Å²) in [7, 11) is 1.64. The molecule has 1 heterocycles. The Morgan fingerprint density at radius 1 is 1.48 bits per heavy atom. The number of anilines is 1. The van der Waals surface area contributed by atoms with Gasteiger partial charge < -0.3 is 25.2 Å². The van der Waals surface area contributed by atoms with E-state index < -0.39 is 5.97 Å². The third-order valence-corrected chi connectivity index (χ3v) is 3.33. The molecule has 1 aromatic carbocycles. The van der Waals surface area contributed by atoms with Crippen LogP contribution in [0.15, 0.2) is 18.2 Å². The van der Waals surface area contributed by atoms with Gasteiger partial charge in [-0.3, -0.25) is 0 Å². The van der Waals surface area contributed by atoms with Crippen molar-refractivity contribution < 1.29 is 24.5 Å². The van der Waals surface area contributed by atoms with Crippen molar-refractivity contribution in [1.82, 2.24) is 4.90 Å². The minimum Gasteiger partial charge on any atom is -0.506 e. The highest BCUT2D eigenvalue weighted by Gasteiger charge is 2.20. The molecule has 0 bridgehead atoms. The zero-order valence-corrected chi connectivity index (χ0v) is 11.7.